The van der Waals surface area contributed by atoms with Gasteiger partial charge in [-0.2, -0.15) is 0 Å². The molecule has 2 fully saturated rings. The van der Waals surface area contributed by atoms with E-state index < -0.39 is 5.60 Å². The van der Waals surface area contributed by atoms with E-state index in [9.17, 15) is 5.11 Å². The molecule has 2 aliphatic heterocycles. The summed E-state index contributed by atoms with van der Waals surface area (Å²) >= 11 is 2.32. The Morgan fingerprint density at radius 3 is 2.37 bits per heavy atom. The molecule has 3 heterocycles. The van der Waals surface area contributed by atoms with Gasteiger partial charge in [-0.05, 0) is 41.6 Å². The van der Waals surface area contributed by atoms with Crippen molar-refractivity contribution in [1.82, 2.24) is 4.98 Å². The maximum atomic E-state index is 9.83. The smallest absolute Gasteiger partial charge is 0.132 e. The fraction of sp³-hybridized carbons (Fsp3) is 0.615. The standard InChI is InChI=1S/C13H18IN3O2/c1-13(18)8-17(9-13)12-7-10(14)6-11(15-12)16-2-4-19-5-3-16/h6-7,18H,2-5,8-9H2,1H3. The van der Waals surface area contributed by atoms with Crippen LogP contribution in [-0.4, -0.2) is 55.1 Å². The predicted molar refractivity (Wildman–Crippen MR) is 82.8 cm³/mol. The Hall–Kier alpha value is -0.600. The van der Waals surface area contributed by atoms with Crippen LogP contribution in [0.5, 0.6) is 0 Å². The van der Waals surface area contributed by atoms with Gasteiger partial charge in [-0.3, -0.25) is 0 Å². The molecule has 1 N–H and O–H groups in total. The normalized spacial score (nSPS) is 22.3. The van der Waals surface area contributed by atoms with Gasteiger partial charge in [0.1, 0.15) is 11.6 Å². The summed E-state index contributed by atoms with van der Waals surface area (Å²) in [6.45, 7) is 6.49. The summed E-state index contributed by atoms with van der Waals surface area (Å²) in [6.07, 6.45) is 0. The largest absolute Gasteiger partial charge is 0.386 e. The van der Waals surface area contributed by atoms with Crippen molar-refractivity contribution in [2.45, 2.75) is 12.5 Å². The second kappa shape index (κ2) is 5.06. The topological polar surface area (TPSA) is 48.8 Å². The summed E-state index contributed by atoms with van der Waals surface area (Å²) in [5, 5.41) is 9.83. The van der Waals surface area contributed by atoms with E-state index in [0.717, 1.165) is 37.9 Å². The van der Waals surface area contributed by atoms with E-state index in [1.807, 2.05) is 6.92 Å². The molecule has 6 heteroatoms. The van der Waals surface area contributed by atoms with E-state index in [2.05, 4.69) is 44.5 Å². The van der Waals surface area contributed by atoms with Crippen LogP contribution in [0.2, 0.25) is 0 Å². The quantitative estimate of drug-likeness (QED) is 0.785. The van der Waals surface area contributed by atoms with Crippen molar-refractivity contribution in [2.24, 2.45) is 0 Å². The molecule has 1 aromatic rings. The Balaban J connectivity index is 1.80. The molecule has 0 aliphatic carbocycles. The molecule has 3 rings (SSSR count). The Bertz CT molecular complexity index is 467. The number of hydrogen-bond acceptors (Lipinski definition) is 5. The number of pyridine rings is 1. The van der Waals surface area contributed by atoms with Crippen molar-refractivity contribution >= 4 is 34.2 Å². The number of ether oxygens (including phenoxy) is 1. The fourth-order valence-electron chi connectivity index (χ4n) is 2.52. The van der Waals surface area contributed by atoms with Crippen LogP contribution >= 0.6 is 22.6 Å². The van der Waals surface area contributed by atoms with Crippen LogP contribution in [-0.2, 0) is 4.74 Å². The van der Waals surface area contributed by atoms with E-state index in [0.29, 0.717) is 13.1 Å². The third-order valence-electron chi connectivity index (χ3n) is 3.49. The van der Waals surface area contributed by atoms with Crippen LogP contribution in [0.3, 0.4) is 0 Å². The first-order chi connectivity index (χ1) is 9.03. The van der Waals surface area contributed by atoms with Gasteiger partial charge in [0.2, 0.25) is 0 Å². The van der Waals surface area contributed by atoms with Crippen molar-refractivity contribution < 1.29 is 9.84 Å². The zero-order chi connectivity index (χ0) is 13.5. The lowest BCUT2D eigenvalue weighted by Gasteiger charge is -2.45. The number of rotatable bonds is 2. The molecule has 0 amide bonds. The number of aromatic nitrogens is 1. The van der Waals surface area contributed by atoms with Gasteiger partial charge < -0.3 is 19.6 Å². The molecule has 2 aliphatic rings. The van der Waals surface area contributed by atoms with Gasteiger partial charge in [-0.1, -0.05) is 0 Å². The highest BCUT2D eigenvalue weighted by Crippen LogP contribution is 2.29. The number of anilines is 2. The van der Waals surface area contributed by atoms with Gasteiger partial charge in [0.15, 0.2) is 0 Å². The highest BCUT2D eigenvalue weighted by molar-refractivity contribution is 14.1. The SMILES string of the molecule is CC1(O)CN(c2cc(I)cc(N3CCOCC3)n2)C1. The molecule has 2 saturated heterocycles. The van der Waals surface area contributed by atoms with Crippen LogP contribution in [0.15, 0.2) is 12.1 Å². The van der Waals surface area contributed by atoms with Crippen molar-refractivity contribution in [3.05, 3.63) is 15.7 Å². The first-order valence-electron chi connectivity index (χ1n) is 6.51. The van der Waals surface area contributed by atoms with Gasteiger partial charge in [0, 0.05) is 29.7 Å². The van der Waals surface area contributed by atoms with Crippen molar-refractivity contribution in [2.75, 3.05) is 49.2 Å². The molecule has 104 valence electrons. The average molecular weight is 375 g/mol. The van der Waals surface area contributed by atoms with Gasteiger partial charge in [0.25, 0.3) is 0 Å². The van der Waals surface area contributed by atoms with Crippen LogP contribution in [0.25, 0.3) is 0 Å². The van der Waals surface area contributed by atoms with Gasteiger partial charge >= 0.3 is 0 Å². The second-order valence-electron chi connectivity index (χ2n) is 5.45. The Morgan fingerprint density at radius 1 is 1.21 bits per heavy atom. The van der Waals surface area contributed by atoms with E-state index >= 15 is 0 Å². The average Bonchev–Trinajstić information content (AvgIpc) is 2.36. The number of halogens is 1. The minimum atomic E-state index is -0.567. The minimum Gasteiger partial charge on any atom is -0.386 e. The molecule has 19 heavy (non-hydrogen) atoms. The number of nitrogens with zero attached hydrogens (tertiary/aromatic N) is 3. The number of hydrogen-bond donors (Lipinski definition) is 1. The van der Waals surface area contributed by atoms with Gasteiger partial charge in [-0.15, -0.1) is 0 Å². The van der Waals surface area contributed by atoms with Gasteiger partial charge in [0.05, 0.1) is 18.8 Å². The minimum absolute atomic E-state index is 0.567. The van der Waals surface area contributed by atoms with Crippen molar-refractivity contribution in [1.29, 1.82) is 0 Å². The molecular formula is C13H18IN3O2. The Kier molecular flexibility index (Phi) is 3.57. The maximum absolute atomic E-state index is 9.83. The van der Waals surface area contributed by atoms with Crippen LogP contribution in [0, 0.1) is 3.57 Å². The maximum Gasteiger partial charge on any atom is 0.132 e. The Morgan fingerprint density at radius 2 is 1.79 bits per heavy atom. The van der Waals surface area contributed by atoms with E-state index in [1.165, 1.54) is 3.57 Å². The van der Waals surface area contributed by atoms with Crippen molar-refractivity contribution in [3.8, 4) is 0 Å². The third kappa shape index (κ3) is 2.95. The molecular weight excluding hydrogens is 357 g/mol. The second-order valence-corrected chi connectivity index (χ2v) is 6.70. The molecule has 5 nitrogen and oxygen atoms in total. The highest BCUT2D eigenvalue weighted by atomic mass is 127. The molecule has 0 radical (unpaired) electrons. The molecule has 0 saturated carbocycles. The molecule has 0 unspecified atom stereocenters. The van der Waals surface area contributed by atoms with Crippen LogP contribution < -0.4 is 9.80 Å². The summed E-state index contributed by atoms with van der Waals surface area (Å²) in [4.78, 5) is 9.10. The zero-order valence-electron chi connectivity index (χ0n) is 11.0. The number of β-amino-alcohol motifs (C(OH)–C–C–N with tert-alkyl or cyclic N) is 1. The summed E-state index contributed by atoms with van der Waals surface area (Å²) in [7, 11) is 0. The predicted octanol–water partition coefficient (Wildman–Crippen LogP) is 1.09. The first kappa shape index (κ1) is 13.4. The monoisotopic (exact) mass is 375 g/mol. The third-order valence-corrected chi connectivity index (χ3v) is 4.11. The highest BCUT2D eigenvalue weighted by Gasteiger charge is 2.37. The van der Waals surface area contributed by atoms with Crippen LogP contribution in [0.4, 0.5) is 11.6 Å². The summed E-state index contributed by atoms with van der Waals surface area (Å²) in [5.41, 5.74) is -0.567. The fourth-order valence-corrected chi connectivity index (χ4v) is 3.08. The summed E-state index contributed by atoms with van der Waals surface area (Å²) in [5.74, 6) is 1.97. The van der Waals surface area contributed by atoms with Crippen LogP contribution in [0.1, 0.15) is 6.92 Å². The molecule has 0 atom stereocenters. The molecule has 0 bridgehead atoms. The number of morpholine rings is 1. The lowest BCUT2D eigenvalue weighted by Crippen LogP contribution is -2.60. The van der Waals surface area contributed by atoms with Crippen molar-refractivity contribution in [3.63, 3.8) is 0 Å². The molecule has 0 aromatic carbocycles. The Labute approximate surface area is 126 Å². The number of aliphatic hydroxyl groups is 1. The summed E-state index contributed by atoms with van der Waals surface area (Å²) < 4.78 is 6.55. The van der Waals surface area contributed by atoms with E-state index in [1.54, 1.807) is 0 Å². The zero-order valence-corrected chi connectivity index (χ0v) is 13.1. The lowest BCUT2D eigenvalue weighted by atomic mass is 9.97. The first-order valence-corrected chi connectivity index (χ1v) is 7.59. The summed E-state index contributed by atoms with van der Waals surface area (Å²) in [6, 6.07) is 4.17. The van der Waals surface area contributed by atoms with E-state index in [-0.39, 0.29) is 0 Å². The molecule has 1 aromatic heterocycles. The van der Waals surface area contributed by atoms with E-state index in [4.69, 9.17) is 9.72 Å². The molecule has 0 spiro atoms. The lowest BCUT2D eigenvalue weighted by molar-refractivity contribution is 0.0305. The van der Waals surface area contributed by atoms with Gasteiger partial charge in [-0.25, -0.2) is 4.98 Å².